The van der Waals surface area contributed by atoms with E-state index in [-0.39, 0.29) is 11.8 Å². The Morgan fingerprint density at radius 1 is 1.42 bits per heavy atom. The second-order valence-electron chi connectivity index (χ2n) is 5.86. The lowest BCUT2D eigenvalue weighted by molar-refractivity contribution is -0.125. The summed E-state index contributed by atoms with van der Waals surface area (Å²) >= 11 is 0. The van der Waals surface area contributed by atoms with Gasteiger partial charge in [0.05, 0.1) is 13.7 Å². The lowest BCUT2D eigenvalue weighted by Crippen LogP contribution is -2.35. The van der Waals surface area contributed by atoms with Gasteiger partial charge in [-0.05, 0) is 31.0 Å². The van der Waals surface area contributed by atoms with Gasteiger partial charge in [-0.25, -0.2) is 4.98 Å². The molecule has 0 saturated heterocycles. The van der Waals surface area contributed by atoms with E-state index in [4.69, 9.17) is 9.47 Å². The molecular weight excluding hydrogens is 306 g/mol. The van der Waals surface area contributed by atoms with E-state index < -0.39 is 0 Å². The average molecular weight is 329 g/mol. The molecule has 0 radical (unpaired) electrons. The fourth-order valence-electron chi connectivity index (χ4n) is 3.01. The van der Waals surface area contributed by atoms with E-state index in [1.807, 2.05) is 31.3 Å². The molecule has 2 aromatic rings. The Morgan fingerprint density at radius 2 is 2.29 bits per heavy atom. The number of benzene rings is 1. The molecule has 1 aliphatic rings. The van der Waals surface area contributed by atoms with Crippen LogP contribution in [0.5, 0.6) is 11.5 Å². The van der Waals surface area contributed by atoms with Gasteiger partial charge < -0.3 is 19.4 Å². The lowest BCUT2D eigenvalue weighted by atomic mass is 9.97. The molecule has 1 aromatic heterocycles. The summed E-state index contributed by atoms with van der Waals surface area (Å²) in [6.07, 6.45) is 5.31. The highest BCUT2D eigenvalue weighted by Gasteiger charge is 2.25. The zero-order valence-corrected chi connectivity index (χ0v) is 14.1. The van der Waals surface area contributed by atoms with Crippen LogP contribution in [-0.2, 0) is 24.3 Å². The minimum absolute atomic E-state index is 0.00971. The van der Waals surface area contributed by atoms with Gasteiger partial charge >= 0.3 is 0 Å². The summed E-state index contributed by atoms with van der Waals surface area (Å²) in [5.41, 5.74) is 0.991. The van der Waals surface area contributed by atoms with Crippen molar-refractivity contribution in [3.63, 3.8) is 0 Å². The Bertz CT molecular complexity index is 711. The number of rotatable bonds is 6. The molecule has 1 amide bonds. The topological polar surface area (TPSA) is 65.4 Å². The number of aromatic nitrogens is 2. The van der Waals surface area contributed by atoms with E-state index in [1.165, 1.54) is 0 Å². The van der Waals surface area contributed by atoms with Crippen LogP contribution >= 0.6 is 0 Å². The van der Waals surface area contributed by atoms with E-state index in [2.05, 4.69) is 14.9 Å². The molecule has 0 fully saturated rings. The zero-order chi connectivity index (χ0) is 16.9. The van der Waals surface area contributed by atoms with Crippen LogP contribution in [0, 0.1) is 5.92 Å². The van der Waals surface area contributed by atoms with Gasteiger partial charge in [0.2, 0.25) is 5.91 Å². The maximum absolute atomic E-state index is 12.4. The first-order chi connectivity index (χ1) is 11.7. The van der Waals surface area contributed by atoms with Crippen LogP contribution in [0.4, 0.5) is 0 Å². The molecule has 6 heteroatoms. The zero-order valence-electron chi connectivity index (χ0n) is 14.1. The van der Waals surface area contributed by atoms with Gasteiger partial charge in [-0.3, -0.25) is 4.79 Å². The first-order valence-electron chi connectivity index (χ1n) is 8.28. The van der Waals surface area contributed by atoms with Crippen molar-refractivity contribution in [1.82, 2.24) is 14.9 Å². The third-order valence-corrected chi connectivity index (χ3v) is 4.31. The highest BCUT2D eigenvalue weighted by Crippen LogP contribution is 2.28. The summed E-state index contributed by atoms with van der Waals surface area (Å²) in [5.74, 6) is 2.46. The number of ether oxygens (including phenoxy) is 2. The third-order valence-electron chi connectivity index (χ3n) is 4.31. The number of amides is 1. The number of nitrogens with zero attached hydrogens (tertiary/aromatic N) is 2. The van der Waals surface area contributed by atoms with Crippen LogP contribution < -0.4 is 14.8 Å². The number of carbonyl (C=O) groups is 1. The van der Waals surface area contributed by atoms with Gasteiger partial charge in [0.25, 0.3) is 0 Å². The van der Waals surface area contributed by atoms with Crippen LogP contribution in [0.25, 0.3) is 0 Å². The fourth-order valence-corrected chi connectivity index (χ4v) is 3.01. The van der Waals surface area contributed by atoms with Crippen LogP contribution in [0.3, 0.4) is 0 Å². The fraction of sp³-hybridized carbons (Fsp3) is 0.444. The van der Waals surface area contributed by atoms with Crippen LogP contribution in [0.2, 0.25) is 0 Å². The van der Waals surface area contributed by atoms with Gasteiger partial charge in [0.15, 0.2) is 11.5 Å². The Balaban J connectivity index is 1.59. The summed E-state index contributed by atoms with van der Waals surface area (Å²) in [4.78, 5) is 16.7. The molecule has 1 atom stereocenters. The average Bonchev–Trinajstić information content (AvgIpc) is 3.08. The highest BCUT2D eigenvalue weighted by molar-refractivity contribution is 5.79. The van der Waals surface area contributed by atoms with Gasteiger partial charge in [0, 0.05) is 37.8 Å². The number of carbonyl (C=O) groups excluding carboxylic acids is 1. The van der Waals surface area contributed by atoms with Crippen LogP contribution in [0.1, 0.15) is 24.7 Å². The van der Waals surface area contributed by atoms with Crippen molar-refractivity contribution in [1.29, 1.82) is 0 Å². The number of fused-ring (bicyclic) bond motifs is 1. The number of methoxy groups -OCH3 is 1. The molecule has 0 aliphatic carbocycles. The molecule has 128 valence electrons. The minimum atomic E-state index is -0.00971. The summed E-state index contributed by atoms with van der Waals surface area (Å²) < 4.78 is 13.0. The molecule has 1 unspecified atom stereocenters. The van der Waals surface area contributed by atoms with E-state index >= 15 is 0 Å². The third kappa shape index (κ3) is 3.53. The van der Waals surface area contributed by atoms with Gasteiger partial charge in [0.1, 0.15) is 5.82 Å². The number of hydrogen-bond acceptors (Lipinski definition) is 4. The number of nitrogens with one attached hydrogen (secondary N) is 1. The van der Waals surface area contributed by atoms with Gasteiger partial charge in [-0.2, -0.15) is 0 Å². The molecule has 0 saturated carbocycles. The molecule has 1 N–H and O–H groups in total. The summed E-state index contributed by atoms with van der Waals surface area (Å²) in [5, 5.41) is 3.03. The lowest BCUT2D eigenvalue weighted by Gasteiger charge is -2.22. The van der Waals surface area contributed by atoms with Crippen LogP contribution in [0.15, 0.2) is 30.6 Å². The molecule has 0 bridgehead atoms. The first kappa shape index (κ1) is 16.4. The standard InChI is InChI=1S/C18H23N3O3/c1-3-24-16-10-13(4-5-15(16)23-2)12-20-18(22)14-6-8-21-9-7-19-17(21)11-14/h4-5,7,9-10,14H,3,6,8,11-12H2,1-2H3,(H,20,22). The van der Waals surface area contributed by atoms with E-state index in [0.717, 1.165) is 24.4 Å². The van der Waals surface area contributed by atoms with Crippen molar-refractivity contribution in [2.24, 2.45) is 5.92 Å². The molecule has 6 nitrogen and oxygen atoms in total. The Morgan fingerprint density at radius 3 is 3.08 bits per heavy atom. The predicted molar refractivity (Wildman–Crippen MR) is 90.0 cm³/mol. The number of aryl methyl sites for hydroxylation is 1. The van der Waals surface area contributed by atoms with E-state index in [1.54, 1.807) is 13.3 Å². The molecule has 3 rings (SSSR count). The molecule has 24 heavy (non-hydrogen) atoms. The van der Waals surface area contributed by atoms with Crippen molar-refractivity contribution >= 4 is 5.91 Å². The molecule has 1 aliphatic heterocycles. The van der Waals surface area contributed by atoms with Crippen molar-refractivity contribution < 1.29 is 14.3 Å². The Labute approximate surface area is 141 Å². The Kier molecular flexibility index (Phi) is 5.03. The van der Waals surface area contributed by atoms with Gasteiger partial charge in [-0.1, -0.05) is 6.07 Å². The molecule has 1 aromatic carbocycles. The quantitative estimate of drug-likeness (QED) is 0.882. The SMILES string of the molecule is CCOc1cc(CNC(=O)C2CCn3ccnc3C2)ccc1OC. The van der Waals surface area contributed by atoms with E-state index in [0.29, 0.717) is 31.1 Å². The Hall–Kier alpha value is -2.50. The maximum Gasteiger partial charge on any atom is 0.223 e. The largest absolute Gasteiger partial charge is 0.493 e. The van der Waals surface area contributed by atoms with Crippen molar-refractivity contribution in [3.8, 4) is 11.5 Å². The number of hydrogen-bond donors (Lipinski definition) is 1. The van der Waals surface area contributed by atoms with Crippen LogP contribution in [-0.4, -0.2) is 29.2 Å². The predicted octanol–water partition coefficient (Wildman–Crippen LogP) is 2.17. The van der Waals surface area contributed by atoms with E-state index in [9.17, 15) is 4.79 Å². The summed E-state index contributed by atoms with van der Waals surface area (Å²) in [6.45, 7) is 3.83. The maximum atomic E-state index is 12.4. The smallest absolute Gasteiger partial charge is 0.223 e. The van der Waals surface area contributed by atoms with Crippen molar-refractivity contribution in [3.05, 3.63) is 42.0 Å². The monoisotopic (exact) mass is 329 g/mol. The second kappa shape index (κ2) is 7.38. The summed E-state index contributed by atoms with van der Waals surface area (Å²) in [7, 11) is 1.62. The minimum Gasteiger partial charge on any atom is -0.493 e. The summed E-state index contributed by atoms with van der Waals surface area (Å²) in [6, 6.07) is 5.72. The van der Waals surface area contributed by atoms with Gasteiger partial charge in [-0.15, -0.1) is 0 Å². The molecule has 0 spiro atoms. The highest BCUT2D eigenvalue weighted by atomic mass is 16.5. The normalized spacial score (nSPS) is 16.3. The molecular formula is C18H23N3O3. The number of imidazole rings is 1. The second-order valence-corrected chi connectivity index (χ2v) is 5.86. The first-order valence-corrected chi connectivity index (χ1v) is 8.28. The molecule has 2 heterocycles. The van der Waals surface area contributed by atoms with Crippen molar-refractivity contribution in [2.45, 2.75) is 32.9 Å². The van der Waals surface area contributed by atoms with Crippen molar-refractivity contribution in [2.75, 3.05) is 13.7 Å².